The maximum atomic E-state index is 6.08. The number of nitrogens with one attached hydrogen (secondary N) is 1. The van der Waals surface area contributed by atoms with Gasteiger partial charge in [0.15, 0.2) is 0 Å². The van der Waals surface area contributed by atoms with Crippen molar-refractivity contribution >= 4 is 23.2 Å². The molecule has 0 saturated carbocycles. The fourth-order valence-electron chi connectivity index (χ4n) is 1.71. The summed E-state index contributed by atoms with van der Waals surface area (Å²) < 4.78 is 1.92. The zero-order chi connectivity index (χ0) is 12.8. The van der Waals surface area contributed by atoms with Crippen LogP contribution in [0.4, 0.5) is 0 Å². The monoisotopic (exact) mass is 283 g/mol. The third-order valence-electron chi connectivity index (χ3n) is 2.66. The average Bonchev–Trinajstić information content (AvgIpc) is 2.85. The molecule has 1 N–H and O–H groups in total. The summed E-state index contributed by atoms with van der Waals surface area (Å²) in [6.07, 6.45) is 4.77. The number of aromatic nitrogens is 2. The van der Waals surface area contributed by atoms with Gasteiger partial charge in [-0.2, -0.15) is 5.10 Å². The second-order valence-electron chi connectivity index (χ2n) is 4.00. The zero-order valence-corrected chi connectivity index (χ0v) is 11.5. The number of aryl methyl sites for hydroxylation is 1. The lowest BCUT2D eigenvalue weighted by molar-refractivity contribution is 0.543. The van der Waals surface area contributed by atoms with Crippen LogP contribution in [0.3, 0.4) is 0 Å². The van der Waals surface area contributed by atoms with E-state index in [2.05, 4.69) is 10.4 Å². The molecule has 0 atom stereocenters. The minimum Gasteiger partial charge on any atom is -0.312 e. The molecule has 0 aliphatic rings. The molecule has 1 aromatic heterocycles. The van der Waals surface area contributed by atoms with E-state index in [4.69, 9.17) is 23.2 Å². The van der Waals surface area contributed by atoms with Crippen molar-refractivity contribution in [3.63, 3.8) is 0 Å². The number of rotatable bonds is 6. The number of halogens is 2. The molecule has 0 unspecified atom stereocenters. The number of nitrogens with zero attached hydrogens (tertiary/aromatic N) is 2. The van der Waals surface area contributed by atoms with Crippen LogP contribution in [-0.2, 0) is 13.1 Å². The van der Waals surface area contributed by atoms with E-state index in [1.165, 1.54) is 0 Å². The van der Waals surface area contributed by atoms with Gasteiger partial charge in [-0.05, 0) is 31.2 Å². The van der Waals surface area contributed by atoms with Crippen LogP contribution in [-0.4, -0.2) is 16.3 Å². The first-order valence-electron chi connectivity index (χ1n) is 5.88. The molecule has 2 rings (SSSR count). The fraction of sp³-hybridized carbons (Fsp3) is 0.308. The van der Waals surface area contributed by atoms with E-state index in [1.807, 2.05) is 35.1 Å². The zero-order valence-electron chi connectivity index (χ0n) is 9.94. The summed E-state index contributed by atoms with van der Waals surface area (Å²) in [7, 11) is 0. The summed E-state index contributed by atoms with van der Waals surface area (Å²) in [6, 6.07) is 7.49. The Labute approximate surface area is 117 Å². The minimum absolute atomic E-state index is 0.692. The lowest BCUT2D eigenvalue weighted by Gasteiger charge is -2.08. The molecular weight excluding hydrogens is 269 g/mol. The normalized spacial score (nSPS) is 10.8. The topological polar surface area (TPSA) is 29.9 Å². The van der Waals surface area contributed by atoms with Crippen LogP contribution >= 0.6 is 23.2 Å². The van der Waals surface area contributed by atoms with Gasteiger partial charge >= 0.3 is 0 Å². The molecule has 0 amide bonds. The average molecular weight is 284 g/mol. The molecule has 18 heavy (non-hydrogen) atoms. The number of benzene rings is 1. The van der Waals surface area contributed by atoms with Gasteiger partial charge in [-0.3, -0.25) is 4.68 Å². The van der Waals surface area contributed by atoms with Gasteiger partial charge in [-0.25, -0.2) is 0 Å². The first-order chi connectivity index (χ1) is 8.77. The molecule has 0 spiro atoms. The Morgan fingerprint density at radius 3 is 2.61 bits per heavy atom. The van der Waals surface area contributed by atoms with Gasteiger partial charge in [-0.1, -0.05) is 29.3 Å². The van der Waals surface area contributed by atoms with Crippen molar-refractivity contribution in [1.82, 2.24) is 15.1 Å². The lowest BCUT2D eigenvalue weighted by atomic mass is 10.2. The highest BCUT2D eigenvalue weighted by molar-refractivity contribution is 6.35. The Bertz CT molecular complexity index is 463. The van der Waals surface area contributed by atoms with E-state index in [0.717, 1.165) is 25.1 Å². The summed E-state index contributed by atoms with van der Waals surface area (Å²) >= 11 is 12.2. The first kappa shape index (κ1) is 13.4. The lowest BCUT2D eigenvalue weighted by Crippen LogP contribution is -2.17. The standard InChI is InChI=1S/C13H15Cl2N3/c14-12-4-1-5-13(15)11(12)10-16-6-2-8-18-9-3-7-17-18/h1,3-5,7,9,16H,2,6,8,10H2. The van der Waals surface area contributed by atoms with Gasteiger partial charge in [0.25, 0.3) is 0 Å². The highest BCUT2D eigenvalue weighted by atomic mass is 35.5. The molecule has 1 heterocycles. The highest BCUT2D eigenvalue weighted by Gasteiger charge is 2.04. The van der Waals surface area contributed by atoms with Crippen LogP contribution < -0.4 is 5.32 Å². The van der Waals surface area contributed by atoms with Crippen LogP contribution in [0, 0.1) is 0 Å². The van der Waals surface area contributed by atoms with Gasteiger partial charge in [0, 0.05) is 41.1 Å². The van der Waals surface area contributed by atoms with Gasteiger partial charge < -0.3 is 5.32 Å². The Morgan fingerprint density at radius 2 is 1.94 bits per heavy atom. The van der Waals surface area contributed by atoms with E-state index in [9.17, 15) is 0 Å². The molecule has 2 aromatic rings. The molecule has 0 aliphatic carbocycles. The Kier molecular flexibility index (Phi) is 5.05. The Balaban J connectivity index is 1.72. The molecule has 96 valence electrons. The molecule has 5 heteroatoms. The smallest absolute Gasteiger partial charge is 0.0489 e. The molecule has 0 saturated heterocycles. The number of hydrogen-bond acceptors (Lipinski definition) is 2. The largest absolute Gasteiger partial charge is 0.312 e. The molecule has 1 aromatic carbocycles. The van der Waals surface area contributed by atoms with Gasteiger partial charge in [0.2, 0.25) is 0 Å². The Morgan fingerprint density at radius 1 is 1.17 bits per heavy atom. The van der Waals surface area contributed by atoms with Crippen molar-refractivity contribution < 1.29 is 0 Å². The van der Waals surface area contributed by atoms with Crippen molar-refractivity contribution in [3.8, 4) is 0 Å². The van der Waals surface area contributed by atoms with Crippen LogP contribution in [0.1, 0.15) is 12.0 Å². The predicted molar refractivity (Wildman–Crippen MR) is 75.0 cm³/mol. The maximum Gasteiger partial charge on any atom is 0.0489 e. The highest BCUT2D eigenvalue weighted by Crippen LogP contribution is 2.23. The van der Waals surface area contributed by atoms with Crippen molar-refractivity contribution in [2.24, 2.45) is 0 Å². The third-order valence-corrected chi connectivity index (χ3v) is 3.37. The van der Waals surface area contributed by atoms with Crippen molar-refractivity contribution in [2.75, 3.05) is 6.54 Å². The van der Waals surface area contributed by atoms with Crippen molar-refractivity contribution in [3.05, 3.63) is 52.3 Å². The molecule has 0 bridgehead atoms. The quantitative estimate of drug-likeness (QED) is 0.824. The molecular formula is C13H15Cl2N3. The van der Waals surface area contributed by atoms with Crippen molar-refractivity contribution in [1.29, 1.82) is 0 Å². The van der Waals surface area contributed by atoms with E-state index in [0.29, 0.717) is 16.6 Å². The van der Waals surface area contributed by atoms with E-state index in [1.54, 1.807) is 6.20 Å². The van der Waals surface area contributed by atoms with Gasteiger partial charge in [0.05, 0.1) is 0 Å². The first-order valence-corrected chi connectivity index (χ1v) is 6.64. The third kappa shape index (κ3) is 3.73. The fourth-order valence-corrected chi connectivity index (χ4v) is 2.24. The molecule has 0 fully saturated rings. The predicted octanol–water partition coefficient (Wildman–Crippen LogP) is 3.37. The molecule has 3 nitrogen and oxygen atoms in total. The Hall–Kier alpha value is -1.03. The van der Waals surface area contributed by atoms with Crippen LogP contribution in [0.2, 0.25) is 10.0 Å². The summed E-state index contributed by atoms with van der Waals surface area (Å²) in [6.45, 7) is 2.51. The van der Waals surface area contributed by atoms with Crippen molar-refractivity contribution in [2.45, 2.75) is 19.5 Å². The van der Waals surface area contributed by atoms with E-state index in [-0.39, 0.29) is 0 Å². The minimum atomic E-state index is 0.692. The van der Waals surface area contributed by atoms with E-state index < -0.39 is 0 Å². The van der Waals surface area contributed by atoms with Crippen LogP contribution in [0.15, 0.2) is 36.7 Å². The summed E-state index contributed by atoms with van der Waals surface area (Å²) in [5.74, 6) is 0. The molecule has 0 aliphatic heterocycles. The van der Waals surface area contributed by atoms with E-state index >= 15 is 0 Å². The number of hydrogen-bond donors (Lipinski definition) is 1. The SMILES string of the molecule is Clc1cccc(Cl)c1CNCCCn1cccn1. The maximum absolute atomic E-state index is 6.08. The summed E-state index contributed by atoms with van der Waals surface area (Å²) in [5.41, 5.74) is 0.958. The van der Waals surface area contributed by atoms with Crippen LogP contribution in [0.5, 0.6) is 0 Å². The second-order valence-corrected chi connectivity index (χ2v) is 4.81. The summed E-state index contributed by atoms with van der Waals surface area (Å²) in [4.78, 5) is 0. The van der Waals surface area contributed by atoms with Gasteiger partial charge in [0.1, 0.15) is 0 Å². The molecule has 0 radical (unpaired) electrons. The van der Waals surface area contributed by atoms with Gasteiger partial charge in [-0.15, -0.1) is 0 Å². The van der Waals surface area contributed by atoms with Crippen LogP contribution in [0.25, 0.3) is 0 Å². The second kappa shape index (κ2) is 6.78. The summed E-state index contributed by atoms with van der Waals surface area (Å²) in [5, 5.41) is 8.90.